The standard InChI is InChI=1S/C17H15Br2NO2/c1-11-4-3-5-14(8-11)20-16(21)7-6-12-9-13(18)10-15(19)17(12)22-2/h3-10H,1-2H3,(H,20,21)/b7-6+. The first-order valence-electron chi connectivity index (χ1n) is 6.58. The Bertz CT molecular complexity index is 727. The van der Waals surface area contributed by atoms with Crippen LogP contribution in [0.3, 0.4) is 0 Å². The van der Waals surface area contributed by atoms with Crippen molar-refractivity contribution >= 4 is 49.5 Å². The van der Waals surface area contributed by atoms with Gasteiger partial charge in [-0.25, -0.2) is 0 Å². The lowest BCUT2D eigenvalue weighted by Gasteiger charge is -2.08. The monoisotopic (exact) mass is 423 g/mol. The third-order valence-corrected chi connectivity index (χ3v) is 3.99. The highest BCUT2D eigenvalue weighted by Gasteiger charge is 2.07. The van der Waals surface area contributed by atoms with Crippen molar-refractivity contribution in [1.82, 2.24) is 0 Å². The van der Waals surface area contributed by atoms with E-state index < -0.39 is 0 Å². The molecule has 0 bridgehead atoms. The predicted molar refractivity (Wildman–Crippen MR) is 97.2 cm³/mol. The average molecular weight is 425 g/mol. The van der Waals surface area contributed by atoms with Crippen LogP contribution in [0.15, 0.2) is 51.4 Å². The molecule has 0 fully saturated rings. The van der Waals surface area contributed by atoms with Crippen molar-refractivity contribution in [2.45, 2.75) is 6.92 Å². The molecule has 2 aromatic carbocycles. The summed E-state index contributed by atoms with van der Waals surface area (Å²) in [4.78, 5) is 12.0. The van der Waals surface area contributed by atoms with Crippen LogP contribution in [0, 0.1) is 6.92 Å². The Kier molecular flexibility index (Phi) is 5.80. The molecule has 0 aromatic heterocycles. The van der Waals surface area contributed by atoms with E-state index in [-0.39, 0.29) is 5.91 Å². The summed E-state index contributed by atoms with van der Waals surface area (Å²) in [6.07, 6.45) is 3.21. The Balaban J connectivity index is 2.16. The fourth-order valence-corrected chi connectivity index (χ4v) is 3.41. The largest absolute Gasteiger partial charge is 0.495 e. The molecule has 0 heterocycles. The lowest BCUT2D eigenvalue weighted by molar-refractivity contribution is -0.111. The molecule has 5 heteroatoms. The minimum Gasteiger partial charge on any atom is -0.495 e. The predicted octanol–water partition coefficient (Wildman–Crippen LogP) is 5.18. The highest BCUT2D eigenvalue weighted by atomic mass is 79.9. The fraction of sp³-hybridized carbons (Fsp3) is 0.118. The number of methoxy groups -OCH3 is 1. The van der Waals surface area contributed by atoms with Gasteiger partial charge in [0.05, 0.1) is 11.6 Å². The Morgan fingerprint density at radius 1 is 1.23 bits per heavy atom. The molecular formula is C17H15Br2NO2. The second-order valence-electron chi connectivity index (χ2n) is 4.70. The number of carbonyl (C=O) groups excluding carboxylic acids is 1. The summed E-state index contributed by atoms with van der Waals surface area (Å²) >= 11 is 6.86. The number of anilines is 1. The number of halogens is 2. The van der Waals surface area contributed by atoms with E-state index >= 15 is 0 Å². The van der Waals surface area contributed by atoms with E-state index in [0.717, 1.165) is 25.8 Å². The zero-order valence-corrected chi connectivity index (χ0v) is 15.4. The van der Waals surface area contributed by atoms with Crippen LogP contribution in [0.4, 0.5) is 5.69 Å². The molecular weight excluding hydrogens is 410 g/mol. The first kappa shape index (κ1) is 16.8. The summed E-state index contributed by atoms with van der Waals surface area (Å²) in [5, 5.41) is 2.83. The van der Waals surface area contributed by atoms with Gasteiger partial charge in [0.2, 0.25) is 5.91 Å². The lowest BCUT2D eigenvalue weighted by atomic mass is 10.2. The van der Waals surface area contributed by atoms with Crippen molar-refractivity contribution < 1.29 is 9.53 Å². The normalized spacial score (nSPS) is 10.7. The van der Waals surface area contributed by atoms with E-state index in [1.807, 2.05) is 43.3 Å². The second-order valence-corrected chi connectivity index (χ2v) is 6.47. The number of amides is 1. The van der Waals surface area contributed by atoms with Crippen LogP contribution in [-0.2, 0) is 4.79 Å². The number of rotatable bonds is 4. The number of benzene rings is 2. The molecule has 0 aliphatic heterocycles. The topological polar surface area (TPSA) is 38.3 Å². The molecule has 0 spiro atoms. The van der Waals surface area contributed by atoms with Crippen molar-refractivity contribution in [2.24, 2.45) is 0 Å². The molecule has 0 atom stereocenters. The third kappa shape index (κ3) is 4.45. The van der Waals surface area contributed by atoms with Crippen LogP contribution in [0.2, 0.25) is 0 Å². The van der Waals surface area contributed by atoms with Gasteiger partial charge in [-0.15, -0.1) is 0 Å². The number of nitrogens with one attached hydrogen (secondary N) is 1. The van der Waals surface area contributed by atoms with Gasteiger partial charge in [-0.2, -0.15) is 0 Å². The van der Waals surface area contributed by atoms with E-state index in [2.05, 4.69) is 37.2 Å². The summed E-state index contributed by atoms with van der Waals surface area (Å²) in [6.45, 7) is 1.98. The van der Waals surface area contributed by atoms with Crippen LogP contribution in [0.25, 0.3) is 6.08 Å². The van der Waals surface area contributed by atoms with Crippen LogP contribution in [0.1, 0.15) is 11.1 Å². The van der Waals surface area contributed by atoms with Crippen molar-refractivity contribution in [2.75, 3.05) is 12.4 Å². The Morgan fingerprint density at radius 2 is 2.00 bits per heavy atom. The summed E-state index contributed by atoms with van der Waals surface area (Å²) < 4.78 is 7.07. The first-order chi connectivity index (χ1) is 10.5. The molecule has 0 aliphatic carbocycles. The minimum atomic E-state index is -0.191. The highest BCUT2D eigenvalue weighted by Crippen LogP contribution is 2.33. The summed E-state index contributed by atoms with van der Waals surface area (Å²) in [5.74, 6) is 0.492. The maximum Gasteiger partial charge on any atom is 0.248 e. The molecule has 1 N–H and O–H groups in total. The molecule has 114 valence electrons. The van der Waals surface area contributed by atoms with Crippen molar-refractivity contribution in [3.63, 3.8) is 0 Å². The zero-order chi connectivity index (χ0) is 16.1. The molecule has 2 rings (SSSR count). The third-order valence-electron chi connectivity index (χ3n) is 2.94. The molecule has 0 saturated heterocycles. The number of hydrogen-bond donors (Lipinski definition) is 1. The van der Waals surface area contributed by atoms with E-state index in [4.69, 9.17) is 4.74 Å². The van der Waals surface area contributed by atoms with Crippen LogP contribution >= 0.6 is 31.9 Å². The van der Waals surface area contributed by atoms with Gasteiger partial charge in [0, 0.05) is 21.8 Å². The molecule has 0 saturated carbocycles. The highest BCUT2D eigenvalue weighted by molar-refractivity contribution is 9.11. The molecule has 0 radical (unpaired) electrons. The molecule has 0 aliphatic rings. The fourth-order valence-electron chi connectivity index (χ4n) is 1.99. The Morgan fingerprint density at radius 3 is 2.68 bits per heavy atom. The lowest BCUT2D eigenvalue weighted by Crippen LogP contribution is -2.07. The number of hydrogen-bond acceptors (Lipinski definition) is 2. The number of aryl methyl sites for hydroxylation is 1. The molecule has 1 amide bonds. The SMILES string of the molecule is COc1c(Br)cc(Br)cc1/C=C/C(=O)Nc1cccc(C)c1. The Labute approximate surface area is 146 Å². The first-order valence-corrected chi connectivity index (χ1v) is 8.17. The minimum absolute atomic E-state index is 0.191. The van der Waals surface area contributed by atoms with Crippen LogP contribution in [0.5, 0.6) is 5.75 Å². The summed E-state index contributed by atoms with van der Waals surface area (Å²) in [5.41, 5.74) is 2.68. The molecule has 2 aromatic rings. The second kappa shape index (κ2) is 7.61. The van der Waals surface area contributed by atoms with Gasteiger partial charge in [0.15, 0.2) is 0 Å². The van der Waals surface area contributed by atoms with Gasteiger partial charge in [0.1, 0.15) is 5.75 Å². The van der Waals surface area contributed by atoms with E-state index in [9.17, 15) is 4.79 Å². The van der Waals surface area contributed by atoms with Gasteiger partial charge in [-0.1, -0.05) is 28.1 Å². The Hall–Kier alpha value is -1.59. The number of ether oxygens (including phenoxy) is 1. The van der Waals surface area contributed by atoms with E-state index in [1.165, 1.54) is 6.08 Å². The maximum absolute atomic E-state index is 12.0. The van der Waals surface area contributed by atoms with Gasteiger partial charge in [-0.3, -0.25) is 4.79 Å². The van der Waals surface area contributed by atoms with Crippen molar-refractivity contribution in [1.29, 1.82) is 0 Å². The summed E-state index contributed by atoms with van der Waals surface area (Å²) in [7, 11) is 1.60. The summed E-state index contributed by atoms with van der Waals surface area (Å²) in [6, 6.07) is 11.4. The van der Waals surface area contributed by atoms with Gasteiger partial charge >= 0.3 is 0 Å². The van der Waals surface area contributed by atoms with Gasteiger partial charge in [0.25, 0.3) is 0 Å². The van der Waals surface area contributed by atoms with E-state index in [1.54, 1.807) is 13.2 Å². The van der Waals surface area contributed by atoms with Gasteiger partial charge in [-0.05, 0) is 58.8 Å². The molecule has 22 heavy (non-hydrogen) atoms. The van der Waals surface area contributed by atoms with Gasteiger partial charge < -0.3 is 10.1 Å². The maximum atomic E-state index is 12.0. The van der Waals surface area contributed by atoms with Crippen molar-refractivity contribution in [3.8, 4) is 5.75 Å². The number of carbonyl (C=O) groups is 1. The average Bonchev–Trinajstić information content (AvgIpc) is 2.44. The zero-order valence-electron chi connectivity index (χ0n) is 12.2. The quantitative estimate of drug-likeness (QED) is 0.686. The van der Waals surface area contributed by atoms with Crippen LogP contribution in [-0.4, -0.2) is 13.0 Å². The molecule has 0 unspecified atom stereocenters. The van der Waals surface area contributed by atoms with Crippen molar-refractivity contribution in [3.05, 3.63) is 62.5 Å². The van der Waals surface area contributed by atoms with Crippen LogP contribution < -0.4 is 10.1 Å². The molecule has 3 nitrogen and oxygen atoms in total. The van der Waals surface area contributed by atoms with E-state index in [0.29, 0.717) is 5.75 Å². The smallest absolute Gasteiger partial charge is 0.248 e.